The van der Waals surface area contributed by atoms with Crippen molar-refractivity contribution < 1.29 is 9.15 Å². The van der Waals surface area contributed by atoms with Gasteiger partial charge in [0, 0.05) is 39.2 Å². The predicted molar refractivity (Wildman–Crippen MR) is 121 cm³/mol. The lowest BCUT2D eigenvalue weighted by atomic mass is 9.85. The summed E-state index contributed by atoms with van der Waals surface area (Å²) in [7, 11) is 0. The summed E-state index contributed by atoms with van der Waals surface area (Å²) in [4.78, 5) is 0. The molecule has 0 bridgehead atoms. The lowest BCUT2D eigenvalue weighted by Gasteiger charge is -2.25. The van der Waals surface area contributed by atoms with Gasteiger partial charge >= 0.3 is 0 Å². The van der Waals surface area contributed by atoms with Gasteiger partial charge in [-0.2, -0.15) is 0 Å². The topological polar surface area (TPSA) is 27.3 Å². The fourth-order valence-corrected chi connectivity index (χ4v) is 5.82. The molecule has 2 aromatic carbocycles. The number of aromatic nitrogens is 1. The summed E-state index contributed by atoms with van der Waals surface area (Å²) in [6.07, 6.45) is 11.1. The lowest BCUT2D eigenvalue weighted by Crippen LogP contribution is -2.23. The van der Waals surface area contributed by atoms with Crippen LogP contribution in [0.25, 0.3) is 34.0 Å². The minimum atomic E-state index is 0.0633. The van der Waals surface area contributed by atoms with Gasteiger partial charge < -0.3 is 13.7 Å². The number of hydrogen-bond donors (Lipinski definition) is 0. The van der Waals surface area contributed by atoms with Gasteiger partial charge in [-0.3, -0.25) is 0 Å². The Kier molecular flexibility index (Phi) is 3.15. The van der Waals surface area contributed by atoms with Crippen LogP contribution in [0.2, 0.25) is 0 Å². The zero-order valence-corrected chi connectivity index (χ0v) is 17.2. The van der Waals surface area contributed by atoms with Crippen molar-refractivity contribution in [1.29, 1.82) is 0 Å². The number of rotatable bonds is 1. The second kappa shape index (κ2) is 5.69. The van der Waals surface area contributed by atoms with Crippen molar-refractivity contribution in [3.8, 4) is 5.75 Å². The van der Waals surface area contributed by atoms with E-state index < -0.39 is 0 Å². The van der Waals surface area contributed by atoms with E-state index in [-0.39, 0.29) is 12.0 Å². The number of aryl methyl sites for hydroxylation is 1. The van der Waals surface area contributed by atoms with Crippen LogP contribution in [0.5, 0.6) is 5.75 Å². The van der Waals surface area contributed by atoms with Crippen molar-refractivity contribution in [1.82, 2.24) is 4.57 Å². The van der Waals surface area contributed by atoms with Crippen LogP contribution < -0.4 is 4.74 Å². The van der Waals surface area contributed by atoms with E-state index in [4.69, 9.17) is 9.15 Å². The van der Waals surface area contributed by atoms with Crippen molar-refractivity contribution in [3.63, 3.8) is 0 Å². The van der Waals surface area contributed by atoms with E-state index in [0.717, 1.165) is 29.9 Å². The van der Waals surface area contributed by atoms with Gasteiger partial charge in [-0.05, 0) is 57.0 Å². The number of hydrogen-bond acceptors (Lipinski definition) is 2. The molecule has 2 aromatic heterocycles. The number of para-hydroxylation sites is 1. The summed E-state index contributed by atoms with van der Waals surface area (Å²) >= 11 is 0. The molecule has 148 valence electrons. The molecule has 0 amide bonds. The molecule has 0 saturated carbocycles. The highest BCUT2D eigenvalue weighted by Gasteiger charge is 2.41. The standard InChI is InChI=1S/C27H23NO2/c1-15(2)28-26-16(11-13-22-24(26)18-7-3-5-9-20(18)29-22)17-12-14-23-25(27(17)28)19-8-4-6-10-21(19)30-23/h3,5-7,9-15,22,24H,4,8H2,1-2H3. The molecule has 0 radical (unpaired) electrons. The third-order valence-electron chi connectivity index (χ3n) is 6.96. The second-order valence-corrected chi connectivity index (χ2v) is 8.94. The Morgan fingerprint density at radius 2 is 1.97 bits per heavy atom. The smallest absolute Gasteiger partial charge is 0.137 e. The van der Waals surface area contributed by atoms with E-state index in [9.17, 15) is 0 Å². The third-order valence-corrected chi connectivity index (χ3v) is 6.96. The SMILES string of the molecule is CC(C)n1c2c(c3ccc4oc5c(c4c31)CCC=C5)C=CC1Oc3ccccc3C21. The first-order valence-corrected chi connectivity index (χ1v) is 10.9. The molecule has 3 nitrogen and oxygen atoms in total. The van der Waals surface area contributed by atoms with Crippen LogP contribution in [0.1, 0.15) is 60.4 Å². The van der Waals surface area contributed by atoms with Crippen LogP contribution in [0, 0.1) is 0 Å². The van der Waals surface area contributed by atoms with Crippen molar-refractivity contribution in [2.45, 2.75) is 44.8 Å². The number of furan rings is 1. The first kappa shape index (κ1) is 16.6. The van der Waals surface area contributed by atoms with E-state index in [1.807, 2.05) is 0 Å². The van der Waals surface area contributed by atoms with Gasteiger partial charge in [-0.25, -0.2) is 0 Å². The van der Waals surface area contributed by atoms with Crippen LogP contribution in [0.15, 0.2) is 53.0 Å². The van der Waals surface area contributed by atoms with E-state index in [2.05, 4.69) is 79.1 Å². The van der Waals surface area contributed by atoms with Crippen LogP contribution in [0.3, 0.4) is 0 Å². The number of fused-ring (bicyclic) bond motifs is 11. The molecule has 3 heteroatoms. The largest absolute Gasteiger partial charge is 0.485 e. The summed E-state index contributed by atoms with van der Waals surface area (Å²) in [5, 5.41) is 2.62. The fraction of sp³-hybridized carbons (Fsp3) is 0.259. The predicted octanol–water partition coefficient (Wildman–Crippen LogP) is 6.85. The van der Waals surface area contributed by atoms with E-state index >= 15 is 0 Å². The number of ether oxygens (including phenoxy) is 1. The molecule has 0 saturated heterocycles. The molecule has 30 heavy (non-hydrogen) atoms. The Bertz CT molecular complexity index is 1410. The molecule has 2 atom stereocenters. The summed E-state index contributed by atoms with van der Waals surface area (Å²) in [6, 6.07) is 13.3. The summed E-state index contributed by atoms with van der Waals surface area (Å²) < 4.78 is 15.2. The first-order valence-electron chi connectivity index (χ1n) is 10.9. The Balaban J connectivity index is 1.63. The zero-order chi connectivity index (χ0) is 20.0. The maximum Gasteiger partial charge on any atom is 0.137 e. The number of allylic oxidation sites excluding steroid dienone is 1. The Morgan fingerprint density at radius 3 is 2.87 bits per heavy atom. The highest BCUT2D eigenvalue weighted by molar-refractivity contribution is 6.11. The van der Waals surface area contributed by atoms with Gasteiger partial charge in [0.2, 0.25) is 0 Å². The molecular weight excluding hydrogens is 370 g/mol. The number of benzene rings is 2. The van der Waals surface area contributed by atoms with Gasteiger partial charge in [0.05, 0.1) is 11.4 Å². The van der Waals surface area contributed by atoms with Crippen LogP contribution in [-0.4, -0.2) is 10.7 Å². The van der Waals surface area contributed by atoms with E-state index in [1.54, 1.807) is 0 Å². The van der Waals surface area contributed by atoms with Crippen molar-refractivity contribution in [2.75, 3.05) is 0 Å². The van der Waals surface area contributed by atoms with Crippen molar-refractivity contribution >= 4 is 34.0 Å². The molecule has 4 aromatic rings. The fourth-order valence-electron chi connectivity index (χ4n) is 5.82. The highest BCUT2D eigenvalue weighted by atomic mass is 16.5. The molecule has 0 spiro atoms. The molecule has 0 fully saturated rings. The molecule has 2 unspecified atom stereocenters. The average Bonchev–Trinajstić information content (AvgIpc) is 3.41. The Morgan fingerprint density at radius 1 is 1.07 bits per heavy atom. The average molecular weight is 393 g/mol. The van der Waals surface area contributed by atoms with Gasteiger partial charge in [-0.1, -0.05) is 30.4 Å². The number of nitrogens with zero attached hydrogens (tertiary/aromatic N) is 1. The normalized spacial score (nSPS) is 21.0. The maximum absolute atomic E-state index is 6.33. The molecule has 7 rings (SSSR count). The molecule has 1 aliphatic heterocycles. The summed E-state index contributed by atoms with van der Waals surface area (Å²) in [6.45, 7) is 4.58. The zero-order valence-electron chi connectivity index (χ0n) is 17.2. The minimum Gasteiger partial charge on any atom is -0.485 e. The van der Waals surface area contributed by atoms with Crippen LogP contribution in [0.4, 0.5) is 0 Å². The van der Waals surface area contributed by atoms with Gasteiger partial charge in [0.1, 0.15) is 23.2 Å². The third kappa shape index (κ3) is 1.95. The van der Waals surface area contributed by atoms with Gasteiger partial charge in [0.25, 0.3) is 0 Å². The molecular formula is C27H23NO2. The van der Waals surface area contributed by atoms with E-state index in [0.29, 0.717) is 6.04 Å². The molecule has 3 aliphatic rings. The summed E-state index contributed by atoms with van der Waals surface area (Å²) in [5.74, 6) is 2.27. The second-order valence-electron chi connectivity index (χ2n) is 8.94. The quantitative estimate of drug-likeness (QED) is 0.354. The maximum atomic E-state index is 6.33. The Hall–Kier alpha value is -3.20. The van der Waals surface area contributed by atoms with Gasteiger partial charge in [0.15, 0.2) is 0 Å². The van der Waals surface area contributed by atoms with Crippen molar-refractivity contribution in [2.24, 2.45) is 0 Å². The molecule has 0 N–H and O–H groups in total. The summed E-state index contributed by atoms with van der Waals surface area (Å²) in [5.41, 5.74) is 7.70. The Labute approximate surface area is 175 Å². The van der Waals surface area contributed by atoms with Crippen LogP contribution in [-0.2, 0) is 6.42 Å². The van der Waals surface area contributed by atoms with E-state index in [1.165, 1.54) is 38.7 Å². The van der Waals surface area contributed by atoms with Crippen LogP contribution >= 0.6 is 0 Å². The monoisotopic (exact) mass is 393 g/mol. The lowest BCUT2D eigenvalue weighted by molar-refractivity contribution is 0.263. The molecule has 3 heterocycles. The van der Waals surface area contributed by atoms with Crippen molar-refractivity contribution in [3.05, 3.63) is 76.7 Å². The molecule has 2 aliphatic carbocycles. The first-order chi connectivity index (χ1) is 14.7. The highest BCUT2D eigenvalue weighted by Crippen LogP contribution is 2.51. The van der Waals surface area contributed by atoms with Gasteiger partial charge in [-0.15, -0.1) is 0 Å². The minimum absolute atomic E-state index is 0.0633.